The van der Waals surface area contributed by atoms with E-state index in [2.05, 4.69) is 20.6 Å². The van der Waals surface area contributed by atoms with Crippen LogP contribution in [0.2, 0.25) is 0 Å². The van der Waals surface area contributed by atoms with Gasteiger partial charge in [0.05, 0.1) is 29.7 Å². The molecule has 0 aliphatic heterocycles. The van der Waals surface area contributed by atoms with Crippen LogP contribution in [0.5, 0.6) is 0 Å². The molecule has 5 heteroatoms. The van der Waals surface area contributed by atoms with Crippen LogP contribution in [0.3, 0.4) is 0 Å². The molecule has 0 unspecified atom stereocenters. The maximum atomic E-state index is 12.2. The normalized spacial score (nSPS) is 10.1. The lowest BCUT2D eigenvalue weighted by Gasteiger charge is -2.10. The van der Waals surface area contributed by atoms with E-state index in [1.54, 1.807) is 18.5 Å². The van der Waals surface area contributed by atoms with Crippen molar-refractivity contribution in [2.24, 2.45) is 0 Å². The molecule has 0 aliphatic rings. The summed E-state index contributed by atoms with van der Waals surface area (Å²) < 4.78 is 0. The lowest BCUT2D eigenvalue weighted by molar-refractivity contribution is 0.0951. The Hall–Kier alpha value is -2.43. The Labute approximate surface area is 118 Å². The minimum atomic E-state index is -0.121. The first-order valence-electron chi connectivity index (χ1n) is 6.59. The zero-order chi connectivity index (χ0) is 14.4. The van der Waals surface area contributed by atoms with Gasteiger partial charge in [-0.15, -0.1) is 0 Å². The van der Waals surface area contributed by atoms with Crippen molar-refractivity contribution in [3.8, 4) is 0 Å². The number of anilines is 1. The van der Waals surface area contributed by atoms with Crippen LogP contribution >= 0.6 is 0 Å². The summed E-state index contributed by atoms with van der Waals surface area (Å²) in [6, 6.07) is 7.44. The van der Waals surface area contributed by atoms with Crippen molar-refractivity contribution in [2.45, 2.75) is 20.4 Å². The van der Waals surface area contributed by atoms with Crippen LogP contribution < -0.4 is 10.6 Å². The highest BCUT2D eigenvalue weighted by molar-refractivity contribution is 5.99. The summed E-state index contributed by atoms with van der Waals surface area (Å²) in [5.74, 6) is -0.121. The topological polar surface area (TPSA) is 66.9 Å². The molecule has 104 valence electrons. The van der Waals surface area contributed by atoms with E-state index < -0.39 is 0 Å². The van der Waals surface area contributed by atoms with E-state index in [0.717, 1.165) is 23.6 Å². The third-order valence-electron chi connectivity index (χ3n) is 2.80. The molecule has 1 heterocycles. The Balaban J connectivity index is 2.03. The number of nitrogens with one attached hydrogen (secondary N) is 2. The Bertz CT molecular complexity index is 581. The highest BCUT2D eigenvalue weighted by Gasteiger charge is 2.10. The predicted octanol–water partition coefficient (Wildman–Crippen LogP) is 2.15. The summed E-state index contributed by atoms with van der Waals surface area (Å²) in [7, 11) is 0. The molecule has 0 bridgehead atoms. The molecule has 0 saturated carbocycles. The van der Waals surface area contributed by atoms with Crippen LogP contribution in [-0.4, -0.2) is 22.4 Å². The number of hydrogen-bond acceptors (Lipinski definition) is 4. The molecule has 2 N–H and O–H groups in total. The molecule has 0 saturated heterocycles. The molecule has 0 aliphatic carbocycles. The summed E-state index contributed by atoms with van der Waals surface area (Å²) >= 11 is 0. The molecule has 0 atom stereocenters. The lowest BCUT2D eigenvalue weighted by atomic mass is 10.1. The summed E-state index contributed by atoms with van der Waals surface area (Å²) in [5.41, 5.74) is 3.07. The van der Waals surface area contributed by atoms with Crippen molar-refractivity contribution in [3.63, 3.8) is 0 Å². The van der Waals surface area contributed by atoms with Crippen LogP contribution in [0, 0.1) is 6.92 Å². The Morgan fingerprint density at radius 2 is 2.00 bits per heavy atom. The van der Waals surface area contributed by atoms with Crippen LogP contribution in [0.4, 0.5) is 5.69 Å². The number of nitrogens with zero attached hydrogens (tertiary/aromatic N) is 2. The van der Waals surface area contributed by atoms with Gasteiger partial charge < -0.3 is 10.6 Å². The van der Waals surface area contributed by atoms with E-state index in [1.807, 2.05) is 32.0 Å². The fourth-order valence-corrected chi connectivity index (χ4v) is 1.80. The lowest BCUT2D eigenvalue weighted by Crippen LogP contribution is -2.24. The summed E-state index contributed by atoms with van der Waals surface area (Å²) in [6.45, 7) is 5.01. The molecule has 0 radical (unpaired) electrons. The number of benzene rings is 1. The number of rotatable bonds is 5. The van der Waals surface area contributed by atoms with Crippen molar-refractivity contribution < 1.29 is 4.79 Å². The Kier molecular flexibility index (Phi) is 4.65. The molecule has 1 aromatic carbocycles. The second-order valence-electron chi connectivity index (χ2n) is 4.41. The van der Waals surface area contributed by atoms with Gasteiger partial charge in [-0.1, -0.05) is 12.1 Å². The molecular formula is C15H18N4O. The van der Waals surface area contributed by atoms with E-state index in [1.165, 1.54) is 0 Å². The smallest absolute Gasteiger partial charge is 0.253 e. The van der Waals surface area contributed by atoms with Crippen molar-refractivity contribution in [1.82, 2.24) is 15.3 Å². The molecule has 0 spiro atoms. The zero-order valence-corrected chi connectivity index (χ0v) is 11.7. The zero-order valence-electron chi connectivity index (χ0n) is 11.7. The van der Waals surface area contributed by atoms with Crippen LogP contribution in [0.25, 0.3) is 0 Å². The number of carbonyl (C=O) groups excluding carboxylic acids is 1. The standard InChI is InChI=1S/C15H18N4O/c1-3-16-14-7-5-4-6-13(14)15(20)19-10-12-9-17-11(2)8-18-12/h4-9,16H,3,10H2,1-2H3,(H,19,20). The first kappa shape index (κ1) is 14.0. The number of amides is 1. The second kappa shape index (κ2) is 6.65. The highest BCUT2D eigenvalue weighted by atomic mass is 16.1. The van der Waals surface area contributed by atoms with E-state index in [9.17, 15) is 4.79 Å². The van der Waals surface area contributed by atoms with Gasteiger partial charge in [-0.3, -0.25) is 14.8 Å². The van der Waals surface area contributed by atoms with Crippen molar-refractivity contribution in [2.75, 3.05) is 11.9 Å². The average Bonchev–Trinajstić information content (AvgIpc) is 2.47. The van der Waals surface area contributed by atoms with Crippen LogP contribution in [0.1, 0.15) is 28.7 Å². The number of hydrogen-bond donors (Lipinski definition) is 2. The molecule has 2 aromatic rings. The third kappa shape index (κ3) is 3.54. The van der Waals surface area contributed by atoms with Gasteiger partial charge in [-0.25, -0.2) is 0 Å². The maximum Gasteiger partial charge on any atom is 0.253 e. The van der Waals surface area contributed by atoms with Gasteiger partial charge in [0.15, 0.2) is 0 Å². The maximum absolute atomic E-state index is 12.2. The summed E-state index contributed by atoms with van der Waals surface area (Å²) in [4.78, 5) is 20.5. The Morgan fingerprint density at radius 3 is 2.70 bits per heavy atom. The van der Waals surface area contributed by atoms with Crippen LogP contribution in [-0.2, 0) is 6.54 Å². The average molecular weight is 270 g/mol. The minimum absolute atomic E-state index is 0.121. The SMILES string of the molecule is CCNc1ccccc1C(=O)NCc1cnc(C)cn1. The van der Waals surface area contributed by atoms with E-state index >= 15 is 0 Å². The fourth-order valence-electron chi connectivity index (χ4n) is 1.80. The van der Waals surface area contributed by atoms with Crippen LogP contribution in [0.15, 0.2) is 36.7 Å². The molecule has 2 rings (SSSR count). The highest BCUT2D eigenvalue weighted by Crippen LogP contribution is 2.14. The van der Waals surface area contributed by atoms with Gasteiger partial charge >= 0.3 is 0 Å². The van der Waals surface area contributed by atoms with Gasteiger partial charge in [-0.2, -0.15) is 0 Å². The number of carbonyl (C=O) groups is 1. The molecule has 5 nitrogen and oxygen atoms in total. The fraction of sp³-hybridized carbons (Fsp3) is 0.267. The first-order chi connectivity index (χ1) is 9.70. The quantitative estimate of drug-likeness (QED) is 0.873. The first-order valence-corrected chi connectivity index (χ1v) is 6.59. The van der Waals surface area contributed by atoms with Gasteiger partial charge in [0.25, 0.3) is 5.91 Å². The molecular weight excluding hydrogens is 252 g/mol. The molecule has 20 heavy (non-hydrogen) atoms. The minimum Gasteiger partial charge on any atom is -0.385 e. The predicted molar refractivity (Wildman–Crippen MR) is 78.5 cm³/mol. The Morgan fingerprint density at radius 1 is 1.20 bits per heavy atom. The van der Waals surface area contributed by atoms with E-state index in [4.69, 9.17) is 0 Å². The molecule has 1 aromatic heterocycles. The van der Waals surface area contributed by atoms with Crippen molar-refractivity contribution >= 4 is 11.6 Å². The van der Waals surface area contributed by atoms with Gasteiger partial charge in [0.1, 0.15) is 0 Å². The van der Waals surface area contributed by atoms with Crippen molar-refractivity contribution in [3.05, 3.63) is 53.6 Å². The van der Waals surface area contributed by atoms with Crippen molar-refractivity contribution in [1.29, 1.82) is 0 Å². The van der Waals surface area contributed by atoms with Gasteiger partial charge in [-0.05, 0) is 26.0 Å². The van der Waals surface area contributed by atoms with E-state index in [-0.39, 0.29) is 5.91 Å². The monoisotopic (exact) mass is 270 g/mol. The van der Waals surface area contributed by atoms with Gasteiger partial charge in [0, 0.05) is 18.4 Å². The number of aryl methyl sites for hydroxylation is 1. The second-order valence-corrected chi connectivity index (χ2v) is 4.41. The van der Waals surface area contributed by atoms with E-state index in [0.29, 0.717) is 12.1 Å². The van der Waals surface area contributed by atoms with Gasteiger partial charge in [0.2, 0.25) is 0 Å². The molecule has 0 fully saturated rings. The third-order valence-corrected chi connectivity index (χ3v) is 2.80. The summed E-state index contributed by atoms with van der Waals surface area (Å²) in [6.07, 6.45) is 3.36. The molecule has 1 amide bonds. The number of aromatic nitrogens is 2. The largest absolute Gasteiger partial charge is 0.385 e. The number of para-hydroxylation sites is 1. The summed E-state index contributed by atoms with van der Waals surface area (Å²) in [5, 5.41) is 6.03.